The van der Waals surface area contributed by atoms with Gasteiger partial charge in [-0.25, -0.2) is 9.97 Å². The smallest absolute Gasteiger partial charge is 0.233 e. The number of thiophene rings is 1. The second kappa shape index (κ2) is 5.13. The molecule has 0 saturated carbocycles. The Balaban J connectivity index is 2.00. The van der Waals surface area contributed by atoms with Crippen molar-refractivity contribution in [3.63, 3.8) is 0 Å². The van der Waals surface area contributed by atoms with Crippen molar-refractivity contribution in [2.24, 2.45) is 7.05 Å². The zero-order chi connectivity index (χ0) is 16.0. The average molecular weight is 323 g/mol. The highest BCUT2D eigenvalue weighted by atomic mass is 32.1. The Labute approximate surface area is 136 Å². The Bertz CT molecular complexity index is 1020. The molecule has 7 heteroatoms. The van der Waals surface area contributed by atoms with Crippen molar-refractivity contribution in [2.45, 2.75) is 6.92 Å². The molecule has 4 aromatic heterocycles. The molecule has 4 aromatic rings. The molecule has 0 saturated heterocycles. The van der Waals surface area contributed by atoms with E-state index in [1.165, 1.54) is 11.3 Å². The summed E-state index contributed by atoms with van der Waals surface area (Å²) in [4.78, 5) is 17.5. The van der Waals surface area contributed by atoms with Crippen LogP contribution in [-0.2, 0) is 7.05 Å². The molecule has 0 bridgehead atoms. The molecule has 0 aliphatic carbocycles. The van der Waals surface area contributed by atoms with Gasteiger partial charge in [-0.05, 0) is 18.6 Å². The van der Waals surface area contributed by atoms with Gasteiger partial charge in [0.2, 0.25) is 5.88 Å². The number of fused-ring (bicyclic) bond motifs is 1. The number of rotatable bonds is 2. The molecule has 0 fully saturated rings. The third-order valence-electron chi connectivity index (χ3n) is 3.68. The molecule has 1 N–H and O–H groups in total. The first-order chi connectivity index (χ1) is 11.1. The van der Waals surface area contributed by atoms with Crippen molar-refractivity contribution in [1.82, 2.24) is 24.5 Å². The van der Waals surface area contributed by atoms with Crippen LogP contribution >= 0.6 is 11.3 Å². The fourth-order valence-corrected chi connectivity index (χ4v) is 3.40. The van der Waals surface area contributed by atoms with Crippen LogP contribution < -0.4 is 0 Å². The number of hydrogen-bond acceptors (Lipinski definition) is 6. The summed E-state index contributed by atoms with van der Waals surface area (Å²) in [6.07, 6.45) is 5.25. The summed E-state index contributed by atoms with van der Waals surface area (Å²) in [6.45, 7) is 2.01. The van der Waals surface area contributed by atoms with E-state index in [4.69, 9.17) is 0 Å². The number of hydrogen-bond donors (Lipinski definition) is 1. The van der Waals surface area contributed by atoms with Gasteiger partial charge in [0.05, 0.1) is 11.2 Å². The molecule has 4 rings (SSSR count). The lowest BCUT2D eigenvalue weighted by atomic mass is 10.1. The van der Waals surface area contributed by atoms with Crippen molar-refractivity contribution in [3.05, 3.63) is 41.7 Å². The molecule has 4 heterocycles. The largest absolute Gasteiger partial charge is 0.492 e. The first-order valence-electron chi connectivity index (χ1n) is 7.03. The third kappa shape index (κ3) is 2.17. The van der Waals surface area contributed by atoms with Crippen LogP contribution in [0.25, 0.3) is 33.1 Å². The number of nitrogens with zero attached hydrogens (tertiary/aromatic N) is 5. The van der Waals surface area contributed by atoms with Crippen molar-refractivity contribution < 1.29 is 5.11 Å². The van der Waals surface area contributed by atoms with E-state index in [-0.39, 0.29) is 5.88 Å². The molecule has 0 atom stereocenters. The molecule has 23 heavy (non-hydrogen) atoms. The highest BCUT2D eigenvalue weighted by Crippen LogP contribution is 2.37. The van der Waals surface area contributed by atoms with E-state index < -0.39 is 0 Å². The Hall–Kier alpha value is -2.80. The number of aromatic hydroxyl groups is 1. The van der Waals surface area contributed by atoms with Crippen molar-refractivity contribution in [2.75, 3.05) is 0 Å². The van der Waals surface area contributed by atoms with Gasteiger partial charge in [-0.2, -0.15) is 4.98 Å². The van der Waals surface area contributed by atoms with E-state index in [1.807, 2.05) is 42.2 Å². The van der Waals surface area contributed by atoms with Gasteiger partial charge in [0, 0.05) is 36.6 Å². The van der Waals surface area contributed by atoms with Gasteiger partial charge in [-0.1, -0.05) is 6.07 Å². The Morgan fingerprint density at radius 2 is 2.04 bits per heavy atom. The zero-order valence-corrected chi connectivity index (χ0v) is 13.4. The van der Waals surface area contributed by atoms with Crippen molar-refractivity contribution in [1.29, 1.82) is 0 Å². The second-order valence-electron chi connectivity index (χ2n) is 5.23. The maximum Gasteiger partial charge on any atom is 0.233 e. The normalized spacial score (nSPS) is 11.2. The predicted octanol–water partition coefficient (Wildman–Crippen LogP) is 3.17. The monoisotopic (exact) mass is 323 g/mol. The average Bonchev–Trinajstić information content (AvgIpc) is 3.14. The van der Waals surface area contributed by atoms with E-state index in [0.29, 0.717) is 21.9 Å². The lowest BCUT2D eigenvalue weighted by Gasteiger charge is -2.05. The summed E-state index contributed by atoms with van der Waals surface area (Å²) in [5, 5.41) is 12.2. The molecule has 114 valence electrons. The molecular weight excluding hydrogens is 310 g/mol. The van der Waals surface area contributed by atoms with Crippen LogP contribution in [0.15, 0.2) is 36.1 Å². The van der Waals surface area contributed by atoms with Crippen LogP contribution in [0.4, 0.5) is 0 Å². The summed E-state index contributed by atoms with van der Waals surface area (Å²) in [7, 11) is 1.87. The van der Waals surface area contributed by atoms with Gasteiger partial charge < -0.3 is 9.67 Å². The molecular formula is C16H13N5OS. The van der Waals surface area contributed by atoms with Crippen LogP contribution in [0.5, 0.6) is 5.88 Å². The van der Waals surface area contributed by atoms with Crippen LogP contribution in [0, 0.1) is 6.92 Å². The molecule has 0 aromatic carbocycles. The molecule has 6 nitrogen and oxygen atoms in total. The number of aromatic nitrogens is 5. The Morgan fingerprint density at radius 3 is 2.78 bits per heavy atom. The minimum absolute atomic E-state index is 0.0298. The quantitative estimate of drug-likeness (QED) is 0.613. The maximum absolute atomic E-state index is 10.3. The lowest BCUT2D eigenvalue weighted by Crippen LogP contribution is -1.97. The van der Waals surface area contributed by atoms with Gasteiger partial charge in [-0.15, -0.1) is 11.3 Å². The van der Waals surface area contributed by atoms with Gasteiger partial charge >= 0.3 is 0 Å². The fourth-order valence-electron chi connectivity index (χ4n) is 2.52. The highest BCUT2D eigenvalue weighted by Gasteiger charge is 2.18. The Kier molecular flexibility index (Phi) is 3.09. The standard InChI is InChI=1S/C16H13N5OS/c1-9-4-3-5-17-11(9)10-8-23-13-12(10)19-14(20-16(13)22)15-18-6-7-21(15)2/h3-8H,1-2H3,(H,19,20,22). The third-order valence-corrected chi connectivity index (χ3v) is 4.65. The Morgan fingerprint density at radius 1 is 1.17 bits per heavy atom. The van der Waals surface area contributed by atoms with E-state index in [1.54, 1.807) is 12.4 Å². The second-order valence-corrected chi connectivity index (χ2v) is 6.11. The topological polar surface area (TPSA) is 76.7 Å². The molecule has 0 spiro atoms. The minimum atomic E-state index is -0.0298. The summed E-state index contributed by atoms with van der Waals surface area (Å²) in [5.74, 6) is 0.977. The van der Waals surface area contributed by atoms with Crippen LogP contribution in [0.3, 0.4) is 0 Å². The predicted molar refractivity (Wildman–Crippen MR) is 89.2 cm³/mol. The fraction of sp³-hybridized carbons (Fsp3) is 0.125. The lowest BCUT2D eigenvalue weighted by molar-refractivity contribution is 0.461. The number of aryl methyl sites for hydroxylation is 2. The first kappa shape index (κ1) is 13.8. The number of imidazole rings is 1. The van der Waals surface area contributed by atoms with Crippen LogP contribution in [-0.4, -0.2) is 29.6 Å². The molecule has 0 amide bonds. The van der Waals surface area contributed by atoms with E-state index >= 15 is 0 Å². The summed E-state index contributed by atoms with van der Waals surface area (Å²) in [5.41, 5.74) is 3.52. The summed E-state index contributed by atoms with van der Waals surface area (Å²) < 4.78 is 2.47. The van der Waals surface area contributed by atoms with E-state index in [9.17, 15) is 5.11 Å². The van der Waals surface area contributed by atoms with Crippen molar-refractivity contribution >= 4 is 21.6 Å². The number of pyridine rings is 1. The molecule has 0 radical (unpaired) electrons. The van der Waals surface area contributed by atoms with Crippen molar-refractivity contribution in [3.8, 4) is 28.8 Å². The summed E-state index contributed by atoms with van der Waals surface area (Å²) >= 11 is 1.41. The van der Waals surface area contributed by atoms with Gasteiger partial charge in [-0.3, -0.25) is 4.98 Å². The van der Waals surface area contributed by atoms with Gasteiger partial charge in [0.15, 0.2) is 11.6 Å². The van der Waals surface area contributed by atoms with E-state index in [0.717, 1.165) is 16.8 Å². The first-order valence-corrected chi connectivity index (χ1v) is 7.91. The highest BCUT2D eigenvalue weighted by molar-refractivity contribution is 7.18. The van der Waals surface area contributed by atoms with Gasteiger partial charge in [0.1, 0.15) is 4.70 Å². The van der Waals surface area contributed by atoms with Gasteiger partial charge in [0.25, 0.3) is 0 Å². The molecule has 0 unspecified atom stereocenters. The van der Waals surface area contributed by atoms with Crippen LogP contribution in [0.1, 0.15) is 5.56 Å². The molecule has 0 aliphatic heterocycles. The summed E-state index contributed by atoms with van der Waals surface area (Å²) in [6, 6.07) is 3.91. The maximum atomic E-state index is 10.3. The zero-order valence-electron chi connectivity index (χ0n) is 12.6. The SMILES string of the molecule is Cc1cccnc1-c1csc2c(O)nc(-c3nccn3C)nc12. The van der Waals surface area contributed by atoms with Crippen LogP contribution in [0.2, 0.25) is 0 Å². The molecule has 0 aliphatic rings. The van der Waals surface area contributed by atoms with E-state index in [2.05, 4.69) is 19.9 Å². The minimum Gasteiger partial charge on any atom is -0.492 e.